The Kier molecular flexibility index (Phi) is 3.19. The molecule has 4 heteroatoms. The van der Waals surface area contributed by atoms with Crippen molar-refractivity contribution in [1.29, 1.82) is 0 Å². The Balaban J connectivity index is 2.17. The van der Waals surface area contributed by atoms with Gasteiger partial charge in [-0.15, -0.1) is 0 Å². The maximum atomic E-state index is 5.21. The molecule has 2 rings (SSSR count). The predicted octanol–water partition coefficient (Wildman–Crippen LogP) is 2.23. The molecule has 0 aliphatic rings. The van der Waals surface area contributed by atoms with Crippen LogP contribution < -0.4 is 0 Å². The molecular weight excluding hydrogens is 202 g/mol. The lowest BCUT2D eigenvalue weighted by atomic mass is 10.2. The molecule has 0 fully saturated rings. The van der Waals surface area contributed by atoms with Crippen LogP contribution in [0.4, 0.5) is 0 Å². The van der Waals surface area contributed by atoms with Gasteiger partial charge in [-0.3, -0.25) is 0 Å². The number of methoxy groups -OCH3 is 1. The number of ether oxygens (including phenoxy) is 1. The van der Waals surface area contributed by atoms with E-state index in [2.05, 4.69) is 28.8 Å². The first-order valence-corrected chi connectivity index (χ1v) is 5.53. The van der Waals surface area contributed by atoms with E-state index < -0.39 is 0 Å². The second-order valence-corrected chi connectivity index (χ2v) is 4.09. The van der Waals surface area contributed by atoms with E-state index in [9.17, 15) is 0 Å². The SMILES string of the molecule is COC(C)CCc1nc2nccc(C)c2[nH]1. The molecular formula is C12H17N3O. The van der Waals surface area contributed by atoms with E-state index in [0.717, 1.165) is 29.8 Å². The minimum atomic E-state index is 0.266. The number of H-pyrrole nitrogens is 1. The Morgan fingerprint density at radius 2 is 2.31 bits per heavy atom. The summed E-state index contributed by atoms with van der Waals surface area (Å²) in [5, 5.41) is 0. The van der Waals surface area contributed by atoms with Crippen LogP contribution in [0.3, 0.4) is 0 Å². The normalized spacial score (nSPS) is 13.2. The van der Waals surface area contributed by atoms with Crippen molar-refractivity contribution in [3.63, 3.8) is 0 Å². The summed E-state index contributed by atoms with van der Waals surface area (Å²) < 4.78 is 5.21. The van der Waals surface area contributed by atoms with Crippen LogP contribution in [-0.4, -0.2) is 28.2 Å². The summed E-state index contributed by atoms with van der Waals surface area (Å²) in [5.41, 5.74) is 3.03. The summed E-state index contributed by atoms with van der Waals surface area (Å²) in [6.45, 7) is 4.12. The van der Waals surface area contributed by atoms with Gasteiger partial charge in [0, 0.05) is 19.7 Å². The van der Waals surface area contributed by atoms with Crippen LogP contribution >= 0.6 is 0 Å². The highest BCUT2D eigenvalue weighted by molar-refractivity contribution is 5.74. The number of imidazole rings is 1. The van der Waals surface area contributed by atoms with Gasteiger partial charge in [0.15, 0.2) is 5.65 Å². The van der Waals surface area contributed by atoms with Crippen LogP contribution in [0, 0.1) is 6.92 Å². The Labute approximate surface area is 95.1 Å². The number of aromatic amines is 1. The van der Waals surface area contributed by atoms with Gasteiger partial charge in [0.2, 0.25) is 0 Å². The molecule has 0 spiro atoms. The Morgan fingerprint density at radius 3 is 3.00 bits per heavy atom. The molecule has 1 N–H and O–H groups in total. The van der Waals surface area contributed by atoms with Crippen LogP contribution in [0.5, 0.6) is 0 Å². The number of rotatable bonds is 4. The lowest BCUT2D eigenvalue weighted by Crippen LogP contribution is -2.06. The molecule has 1 atom stereocenters. The van der Waals surface area contributed by atoms with Crippen molar-refractivity contribution in [2.24, 2.45) is 0 Å². The fraction of sp³-hybridized carbons (Fsp3) is 0.500. The number of aryl methyl sites for hydroxylation is 2. The van der Waals surface area contributed by atoms with Crippen LogP contribution in [0.15, 0.2) is 12.3 Å². The molecule has 4 nitrogen and oxygen atoms in total. The zero-order chi connectivity index (χ0) is 11.5. The fourth-order valence-electron chi connectivity index (χ4n) is 1.66. The van der Waals surface area contributed by atoms with Gasteiger partial charge in [-0.25, -0.2) is 9.97 Å². The Bertz CT molecular complexity index is 478. The van der Waals surface area contributed by atoms with Gasteiger partial charge in [-0.1, -0.05) is 0 Å². The van der Waals surface area contributed by atoms with Gasteiger partial charge < -0.3 is 9.72 Å². The van der Waals surface area contributed by atoms with Crippen LogP contribution in [0.25, 0.3) is 11.2 Å². The van der Waals surface area contributed by atoms with Crippen LogP contribution in [0.2, 0.25) is 0 Å². The summed E-state index contributed by atoms with van der Waals surface area (Å²) in [4.78, 5) is 12.0. The number of hydrogen-bond donors (Lipinski definition) is 1. The third kappa shape index (κ3) is 2.22. The van der Waals surface area contributed by atoms with Crippen molar-refractivity contribution in [3.8, 4) is 0 Å². The standard InChI is InChI=1S/C12H17N3O/c1-8-6-7-13-12-11(8)14-10(15-12)5-4-9(2)16-3/h6-7,9H,4-5H2,1-3H3,(H,13,14,15). The van der Waals surface area contributed by atoms with Gasteiger partial charge in [0.05, 0.1) is 11.6 Å². The number of nitrogens with one attached hydrogen (secondary N) is 1. The molecule has 0 bridgehead atoms. The topological polar surface area (TPSA) is 50.8 Å². The van der Waals surface area contributed by atoms with Crippen molar-refractivity contribution < 1.29 is 4.74 Å². The predicted molar refractivity (Wildman–Crippen MR) is 63.4 cm³/mol. The molecule has 0 radical (unpaired) electrons. The summed E-state index contributed by atoms with van der Waals surface area (Å²) >= 11 is 0. The van der Waals surface area contributed by atoms with E-state index in [1.807, 2.05) is 6.07 Å². The molecule has 0 aliphatic heterocycles. The molecule has 0 aromatic carbocycles. The molecule has 2 heterocycles. The third-order valence-electron chi connectivity index (χ3n) is 2.84. The van der Waals surface area contributed by atoms with Crippen molar-refractivity contribution in [1.82, 2.24) is 15.0 Å². The smallest absolute Gasteiger partial charge is 0.177 e. The lowest BCUT2D eigenvalue weighted by Gasteiger charge is -2.06. The second-order valence-electron chi connectivity index (χ2n) is 4.09. The van der Waals surface area contributed by atoms with Crippen molar-refractivity contribution in [2.45, 2.75) is 32.8 Å². The third-order valence-corrected chi connectivity index (χ3v) is 2.84. The van der Waals surface area contributed by atoms with Crippen molar-refractivity contribution in [2.75, 3.05) is 7.11 Å². The molecule has 0 aliphatic carbocycles. The average Bonchev–Trinajstić information content (AvgIpc) is 2.70. The number of aromatic nitrogens is 3. The van der Waals surface area contributed by atoms with E-state index in [-0.39, 0.29) is 6.10 Å². The van der Waals surface area contributed by atoms with Crippen molar-refractivity contribution in [3.05, 3.63) is 23.7 Å². The highest BCUT2D eigenvalue weighted by atomic mass is 16.5. The van der Waals surface area contributed by atoms with Gasteiger partial charge in [0.1, 0.15) is 5.82 Å². The first-order chi connectivity index (χ1) is 7.70. The molecule has 2 aromatic rings. The molecule has 0 saturated heterocycles. The Hall–Kier alpha value is -1.42. The van der Waals surface area contributed by atoms with Crippen LogP contribution in [-0.2, 0) is 11.2 Å². The quantitative estimate of drug-likeness (QED) is 0.858. The largest absolute Gasteiger partial charge is 0.382 e. The van der Waals surface area contributed by atoms with Gasteiger partial charge in [-0.05, 0) is 31.9 Å². The number of fused-ring (bicyclic) bond motifs is 1. The maximum absolute atomic E-state index is 5.21. The van der Waals surface area contributed by atoms with Gasteiger partial charge in [-0.2, -0.15) is 0 Å². The first-order valence-electron chi connectivity index (χ1n) is 5.53. The fourth-order valence-corrected chi connectivity index (χ4v) is 1.66. The van der Waals surface area contributed by atoms with E-state index in [1.165, 1.54) is 5.56 Å². The lowest BCUT2D eigenvalue weighted by molar-refractivity contribution is 0.111. The molecule has 0 saturated carbocycles. The minimum Gasteiger partial charge on any atom is -0.382 e. The molecule has 86 valence electrons. The minimum absolute atomic E-state index is 0.266. The summed E-state index contributed by atoms with van der Waals surface area (Å²) in [6.07, 6.45) is 3.92. The average molecular weight is 219 g/mol. The van der Waals surface area contributed by atoms with E-state index in [4.69, 9.17) is 4.74 Å². The van der Waals surface area contributed by atoms with E-state index in [1.54, 1.807) is 13.3 Å². The second kappa shape index (κ2) is 4.61. The highest BCUT2D eigenvalue weighted by Gasteiger charge is 2.07. The first kappa shape index (κ1) is 11.1. The molecule has 0 amide bonds. The molecule has 1 unspecified atom stereocenters. The number of nitrogens with zero attached hydrogens (tertiary/aromatic N) is 2. The monoisotopic (exact) mass is 219 g/mol. The molecule has 2 aromatic heterocycles. The zero-order valence-corrected chi connectivity index (χ0v) is 9.95. The van der Waals surface area contributed by atoms with Crippen molar-refractivity contribution >= 4 is 11.2 Å². The van der Waals surface area contributed by atoms with Gasteiger partial charge in [0.25, 0.3) is 0 Å². The van der Waals surface area contributed by atoms with Gasteiger partial charge >= 0.3 is 0 Å². The Morgan fingerprint density at radius 1 is 1.50 bits per heavy atom. The summed E-state index contributed by atoms with van der Waals surface area (Å²) in [6, 6.07) is 1.99. The van der Waals surface area contributed by atoms with E-state index in [0.29, 0.717) is 0 Å². The number of hydrogen-bond acceptors (Lipinski definition) is 3. The number of pyridine rings is 1. The highest BCUT2D eigenvalue weighted by Crippen LogP contribution is 2.14. The van der Waals surface area contributed by atoms with Crippen LogP contribution in [0.1, 0.15) is 24.7 Å². The summed E-state index contributed by atoms with van der Waals surface area (Å²) in [5.74, 6) is 0.987. The maximum Gasteiger partial charge on any atom is 0.177 e. The summed E-state index contributed by atoms with van der Waals surface area (Å²) in [7, 11) is 1.73. The zero-order valence-electron chi connectivity index (χ0n) is 9.95. The molecule has 16 heavy (non-hydrogen) atoms. The van der Waals surface area contributed by atoms with E-state index >= 15 is 0 Å².